The summed E-state index contributed by atoms with van der Waals surface area (Å²) in [5.74, 6) is 0.699. The zero-order chi connectivity index (χ0) is 17.6. The molecule has 0 aliphatic carbocycles. The molecular formula is C21H21NO2S. The van der Waals surface area contributed by atoms with Gasteiger partial charge in [0.25, 0.3) is 0 Å². The zero-order valence-corrected chi connectivity index (χ0v) is 14.9. The normalized spacial score (nSPS) is 15.9. The number of dihydropyridines is 1. The van der Waals surface area contributed by atoms with Crippen LogP contribution in [0.5, 0.6) is 0 Å². The molecule has 3 rings (SSSR count). The molecule has 1 atom stereocenters. The first-order chi connectivity index (χ1) is 12.2. The minimum absolute atomic E-state index is 0.699. The van der Waals surface area contributed by atoms with Crippen molar-refractivity contribution in [2.75, 3.05) is 6.54 Å². The Morgan fingerprint density at radius 1 is 1.44 bits per heavy atom. The monoisotopic (exact) mass is 351 g/mol. The van der Waals surface area contributed by atoms with Crippen LogP contribution in [0.4, 0.5) is 0 Å². The molecule has 4 heteroatoms. The van der Waals surface area contributed by atoms with Crippen LogP contribution in [-0.2, 0) is 0 Å². The van der Waals surface area contributed by atoms with Gasteiger partial charge < -0.3 is 14.8 Å². The maximum Gasteiger partial charge on any atom is 0.136 e. The highest BCUT2D eigenvalue weighted by molar-refractivity contribution is 7.13. The fourth-order valence-electron chi connectivity index (χ4n) is 2.75. The van der Waals surface area contributed by atoms with Crippen molar-refractivity contribution >= 4 is 16.9 Å². The molecule has 0 spiro atoms. The van der Waals surface area contributed by atoms with Gasteiger partial charge in [-0.15, -0.1) is 11.3 Å². The second kappa shape index (κ2) is 8.01. The van der Waals surface area contributed by atoms with Crippen LogP contribution >= 0.6 is 11.3 Å². The molecule has 0 aromatic carbocycles. The van der Waals surface area contributed by atoms with E-state index in [-0.39, 0.29) is 0 Å². The number of rotatable bonds is 6. The van der Waals surface area contributed by atoms with Gasteiger partial charge in [0.1, 0.15) is 18.1 Å². The molecule has 2 aromatic heterocycles. The summed E-state index contributed by atoms with van der Waals surface area (Å²) in [4.78, 5) is 1.08. The molecule has 1 unspecified atom stereocenters. The lowest BCUT2D eigenvalue weighted by molar-refractivity contribution is 0.217. The Hall–Kier alpha value is -2.56. The Balaban J connectivity index is 2.08. The van der Waals surface area contributed by atoms with Crippen LogP contribution in [-0.4, -0.2) is 11.7 Å². The summed E-state index contributed by atoms with van der Waals surface area (Å²) < 4.78 is 5.87. The number of hydrogen-bond donors (Lipinski definition) is 2. The lowest BCUT2D eigenvalue weighted by atomic mass is 9.94. The third-order valence-electron chi connectivity index (χ3n) is 3.97. The van der Waals surface area contributed by atoms with E-state index in [4.69, 9.17) is 4.42 Å². The van der Waals surface area contributed by atoms with Crippen LogP contribution in [0.3, 0.4) is 0 Å². The molecule has 1 aliphatic heterocycles. The fourth-order valence-corrected chi connectivity index (χ4v) is 3.49. The van der Waals surface area contributed by atoms with Crippen LogP contribution in [0.2, 0.25) is 0 Å². The predicted octanol–water partition coefficient (Wildman–Crippen LogP) is 5.23. The first-order valence-corrected chi connectivity index (χ1v) is 9.00. The van der Waals surface area contributed by atoms with Crippen molar-refractivity contribution in [2.45, 2.75) is 13.0 Å². The Morgan fingerprint density at radius 2 is 2.32 bits per heavy atom. The lowest BCUT2D eigenvalue weighted by Gasteiger charge is -2.17. The van der Waals surface area contributed by atoms with E-state index in [1.807, 2.05) is 61.0 Å². The molecule has 0 bridgehead atoms. The predicted molar refractivity (Wildman–Crippen MR) is 105 cm³/mol. The lowest BCUT2D eigenvalue weighted by Crippen LogP contribution is -2.13. The molecule has 128 valence electrons. The molecular weight excluding hydrogens is 330 g/mol. The van der Waals surface area contributed by atoms with Gasteiger partial charge in [0.05, 0.1) is 0 Å². The minimum Gasteiger partial charge on any atom is -0.464 e. The van der Waals surface area contributed by atoms with Crippen molar-refractivity contribution in [1.82, 2.24) is 5.32 Å². The Bertz CT molecular complexity index is 851. The van der Waals surface area contributed by atoms with E-state index in [9.17, 15) is 5.11 Å². The number of furan rings is 1. The summed E-state index contributed by atoms with van der Waals surface area (Å²) in [5.41, 5.74) is 3.49. The molecule has 0 radical (unpaired) electrons. The van der Waals surface area contributed by atoms with Gasteiger partial charge >= 0.3 is 0 Å². The summed E-state index contributed by atoms with van der Waals surface area (Å²) in [6.07, 6.45) is 14.2. The van der Waals surface area contributed by atoms with Gasteiger partial charge in [-0.25, -0.2) is 0 Å². The summed E-state index contributed by atoms with van der Waals surface area (Å²) in [6, 6.07) is 4.04. The second-order valence-corrected chi connectivity index (χ2v) is 6.64. The van der Waals surface area contributed by atoms with Gasteiger partial charge in [-0.1, -0.05) is 49.1 Å². The summed E-state index contributed by atoms with van der Waals surface area (Å²) in [7, 11) is 0. The molecule has 3 nitrogen and oxygen atoms in total. The highest BCUT2D eigenvalue weighted by atomic mass is 32.1. The molecule has 0 fully saturated rings. The quantitative estimate of drug-likeness (QED) is 0.701. The summed E-state index contributed by atoms with van der Waals surface area (Å²) in [5, 5.41) is 16.2. The van der Waals surface area contributed by atoms with E-state index in [0.29, 0.717) is 5.76 Å². The number of allylic oxidation sites excluding steroid dienone is 5. The van der Waals surface area contributed by atoms with Crippen LogP contribution in [0.1, 0.15) is 24.4 Å². The SMILES string of the molecule is C=C/C=C\C=C(/C)c1occ(-c2cccs2)c1C(O)C1=CNCC=C1. The van der Waals surface area contributed by atoms with Crippen molar-refractivity contribution in [3.05, 3.63) is 89.9 Å². The zero-order valence-electron chi connectivity index (χ0n) is 14.1. The van der Waals surface area contributed by atoms with E-state index >= 15 is 0 Å². The van der Waals surface area contributed by atoms with E-state index in [1.165, 1.54) is 0 Å². The summed E-state index contributed by atoms with van der Waals surface area (Å²) >= 11 is 1.63. The molecule has 2 N–H and O–H groups in total. The van der Waals surface area contributed by atoms with Crippen molar-refractivity contribution in [1.29, 1.82) is 0 Å². The summed E-state index contributed by atoms with van der Waals surface area (Å²) in [6.45, 7) is 6.43. The maximum atomic E-state index is 11.0. The van der Waals surface area contributed by atoms with Crippen molar-refractivity contribution < 1.29 is 9.52 Å². The van der Waals surface area contributed by atoms with Crippen molar-refractivity contribution in [3.63, 3.8) is 0 Å². The molecule has 2 aromatic rings. The average molecular weight is 351 g/mol. The number of hydrogen-bond acceptors (Lipinski definition) is 4. The topological polar surface area (TPSA) is 45.4 Å². The number of nitrogens with one attached hydrogen (secondary N) is 1. The molecule has 0 saturated carbocycles. The standard InChI is InChI=1S/C21H21NO2S/c1-3-4-5-8-15(2)21-19(20(23)16-9-6-11-22-13-16)17(14-24-21)18-10-7-12-25-18/h3-10,12-14,20,22-23H,1,11H2,2H3/b5-4-,15-8+. The average Bonchev–Trinajstić information content (AvgIpc) is 3.31. The van der Waals surface area contributed by atoms with E-state index < -0.39 is 6.10 Å². The number of thiophene rings is 1. The highest BCUT2D eigenvalue weighted by Crippen LogP contribution is 2.40. The van der Waals surface area contributed by atoms with Crippen molar-refractivity contribution in [3.8, 4) is 10.4 Å². The van der Waals surface area contributed by atoms with Gasteiger partial charge in [-0.3, -0.25) is 0 Å². The molecule has 3 heterocycles. The van der Waals surface area contributed by atoms with Gasteiger partial charge in [0.2, 0.25) is 0 Å². The highest BCUT2D eigenvalue weighted by Gasteiger charge is 2.25. The third kappa shape index (κ3) is 3.76. The van der Waals surface area contributed by atoms with Crippen LogP contribution in [0.25, 0.3) is 16.0 Å². The van der Waals surface area contributed by atoms with Gasteiger partial charge in [-0.2, -0.15) is 0 Å². The first-order valence-electron chi connectivity index (χ1n) is 8.12. The van der Waals surface area contributed by atoms with Crippen molar-refractivity contribution in [2.24, 2.45) is 0 Å². The van der Waals surface area contributed by atoms with Gasteiger partial charge in [-0.05, 0) is 23.9 Å². The van der Waals surface area contributed by atoms with E-state index in [1.54, 1.807) is 23.7 Å². The third-order valence-corrected chi connectivity index (χ3v) is 4.87. The Morgan fingerprint density at radius 3 is 3.00 bits per heavy atom. The molecule has 0 saturated heterocycles. The molecule has 0 amide bonds. The first kappa shape index (κ1) is 17.3. The number of aliphatic hydroxyl groups excluding tert-OH is 1. The Kier molecular flexibility index (Phi) is 5.53. The Labute approximate surface area is 152 Å². The van der Waals surface area contributed by atoms with Gasteiger partial charge in [0.15, 0.2) is 0 Å². The maximum absolute atomic E-state index is 11.0. The van der Waals surface area contributed by atoms with E-state index in [2.05, 4.69) is 11.9 Å². The second-order valence-electron chi connectivity index (χ2n) is 5.70. The largest absolute Gasteiger partial charge is 0.464 e. The van der Waals surface area contributed by atoms with Gasteiger partial charge in [0, 0.05) is 34.3 Å². The minimum atomic E-state index is -0.762. The fraction of sp³-hybridized carbons (Fsp3) is 0.143. The molecule has 1 aliphatic rings. The van der Waals surface area contributed by atoms with Crippen LogP contribution in [0, 0.1) is 0 Å². The van der Waals surface area contributed by atoms with Crippen LogP contribution < -0.4 is 5.32 Å². The molecule has 25 heavy (non-hydrogen) atoms. The smallest absolute Gasteiger partial charge is 0.136 e. The van der Waals surface area contributed by atoms with E-state index in [0.717, 1.165) is 33.7 Å². The number of aliphatic hydroxyl groups is 1. The van der Waals surface area contributed by atoms with Crippen LogP contribution in [0.15, 0.2) is 83.0 Å².